The topological polar surface area (TPSA) is 31.0 Å². The van der Waals surface area contributed by atoms with E-state index < -0.39 is 0 Å². The minimum absolute atomic E-state index is 0.320. The molecule has 72 valence electrons. The second kappa shape index (κ2) is 3.03. The van der Waals surface area contributed by atoms with Crippen molar-refractivity contribution in [2.45, 2.75) is 6.10 Å². The predicted octanol–water partition coefficient (Wildman–Crippen LogP) is 1.83. The summed E-state index contributed by atoms with van der Waals surface area (Å²) in [5.41, 5.74) is 1.12. The van der Waals surface area contributed by atoms with E-state index in [0.29, 0.717) is 12.9 Å². The molecule has 1 unspecified atom stereocenters. The van der Waals surface area contributed by atoms with E-state index in [2.05, 4.69) is 6.08 Å². The molecule has 0 aliphatic carbocycles. The molecule has 0 spiro atoms. The first-order chi connectivity index (χ1) is 6.92. The van der Waals surface area contributed by atoms with Crippen molar-refractivity contribution in [3.8, 4) is 11.5 Å². The van der Waals surface area contributed by atoms with E-state index in [4.69, 9.17) is 14.2 Å². The van der Waals surface area contributed by atoms with Gasteiger partial charge in [0.1, 0.15) is 0 Å². The van der Waals surface area contributed by atoms with Crippen LogP contribution < -0.4 is 9.47 Å². The molecule has 0 radical (unpaired) electrons. The monoisotopic (exact) mass is 190 g/mol. The van der Waals surface area contributed by atoms with Gasteiger partial charge in [0, 0.05) is 0 Å². The number of rotatable bonds is 2. The highest BCUT2D eigenvalue weighted by Gasteiger charge is 2.18. The number of hydrogen-bond donors (Lipinski definition) is 0. The zero-order valence-electron chi connectivity index (χ0n) is 7.60. The maximum atomic E-state index is 5.27. The fourth-order valence-electron chi connectivity index (χ4n) is 1.40. The Morgan fingerprint density at radius 1 is 1.21 bits per heavy atom. The summed E-state index contributed by atoms with van der Waals surface area (Å²) in [5, 5.41) is 0. The summed E-state index contributed by atoms with van der Waals surface area (Å²) < 4.78 is 15.6. The van der Waals surface area contributed by atoms with Crippen molar-refractivity contribution >= 4 is 6.08 Å². The molecule has 2 aliphatic heterocycles. The second-order valence-corrected chi connectivity index (χ2v) is 3.34. The molecular formula is C11H10O3. The van der Waals surface area contributed by atoms with E-state index in [-0.39, 0.29) is 0 Å². The van der Waals surface area contributed by atoms with Gasteiger partial charge in [0.2, 0.25) is 6.79 Å². The quantitative estimate of drug-likeness (QED) is 0.666. The van der Waals surface area contributed by atoms with Crippen molar-refractivity contribution in [3.63, 3.8) is 0 Å². The number of fused-ring (bicyclic) bond motifs is 1. The van der Waals surface area contributed by atoms with E-state index in [9.17, 15) is 0 Å². The van der Waals surface area contributed by atoms with Crippen LogP contribution in [-0.2, 0) is 4.74 Å². The first kappa shape index (κ1) is 7.88. The van der Waals surface area contributed by atoms with Gasteiger partial charge in [0.25, 0.3) is 0 Å². The van der Waals surface area contributed by atoms with Gasteiger partial charge in [-0.1, -0.05) is 18.2 Å². The minimum Gasteiger partial charge on any atom is -0.454 e. The summed E-state index contributed by atoms with van der Waals surface area (Å²) in [6.07, 6.45) is 4.41. The van der Waals surface area contributed by atoms with Gasteiger partial charge in [-0.05, 0) is 17.7 Å². The van der Waals surface area contributed by atoms with Crippen LogP contribution in [0.3, 0.4) is 0 Å². The van der Waals surface area contributed by atoms with Crippen molar-refractivity contribution in [2.24, 2.45) is 0 Å². The van der Waals surface area contributed by atoms with Crippen molar-refractivity contribution in [1.29, 1.82) is 0 Å². The summed E-state index contributed by atoms with van der Waals surface area (Å²) in [5.74, 6) is 1.65. The van der Waals surface area contributed by atoms with Crippen molar-refractivity contribution in [2.75, 3.05) is 13.4 Å². The lowest BCUT2D eigenvalue weighted by Crippen LogP contribution is -1.92. The zero-order chi connectivity index (χ0) is 9.38. The van der Waals surface area contributed by atoms with Crippen LogP contribution >= 0.6 is 0 Å². The molecule has 14 heavy (non-hydrogen) atoms. The number of ether oxygens (including phenoxy) is 3. The third-order valence-corrected chi connectivity index (χ3v) is 2.26. The maximum absolute atomic E-state index is 5.27. The van der Waals surface area contributed by atoms with Gasteiger partial charge in [0.05, 0.1) is 12.7 Å². The average molecular weight is 190 g/mol. The van der Waals surface area contributed by atoms with Gasteiger partial charge >= 0.3 is 0 Å². The molecule has 0 bridgehead atoms. The first-order valence-electron chi connectivity index (χ1n) is 4.61. The second-order valence-electron chi connectivity index (χ2n) is 3.34. The van der Waals surface area contributed by atoms with E-state index >= 15 is 0 Å². The van der Waals surface area contributed by atoms with Crippen LogP contribution in [0.15, 0.2) is 24.3 Å². The molecule has 2 heterocycles. The predicted molar refractivity (Wildman–Crippen MR) is 51.3 cm³/mol. The number of epoxide rings is 1. The largest absolute Gasteiger partial charge is 0.454 e. The summed E-state index contributed by atoms with van der Waals surface area (Å²) in [7, 11) is 0. The van der Waals surface area contributed by atoms with Gasteiger partial charge in [-0.3, -0.25) is 0 Å². The summed E-state index contributed by atoms with van der Waals surface area (Å²) in [4.78, 5) is 0. The van der Waals surface area contributed by atoms with Crippen LogP contribution in [0.2, 0.25) is 0 Å². The van der Waals surface area contributed by atoms with Crippen LogP contribution in [0.1, 0.15) is 5.56 Å². The Balaban J connectivity index is 1.84. The summed E-state index contributed by atoms with van der Waals surface area (Å²) in [6, 6.07) is 5.91. The Kier molecular flexibility index (Phi) is 1.70. The molecule has 3 heteroatoms. The maximum Gasteiger partial charge on any atom is 0.231 e. The SMILES string of the molecule is C(=C\C1CO1)/c1ccc2c(c1)OCO2. The lowest BCUT2D eigenvalue weighted by Gasteiger charge is -1.96. The molecule has 3 rings (SSSR count). The highest BCUT2D eigenvalue weighted by molar-refractivity contribution is 5.57. The van der Waals surface area contributed by atoms with Crippen molar-refractivity contribution in [3.05, 3.63) is 29.8 Å². The van der Waals surface area contributed by atoms with E-state index in [1.807, 2.05) is 24.3 Å². The standard InChI is InChI=1S/C11H10O3/c1(3-9-6-12-9)8-2-4-10-11(5-8)14-7-13-10/h1-5,9H,6-7H2/b3-1+. The highest BCUT2D eigenvalue weighted by Crippen LogP contribution is 2.32. The van der Waals surface area contributed by atoms with Gasteiger partial charge in [-0.15, -0.1) is 0 Å². The fraction of sp³-hybridized carbons (Fsp3) is 0.273. The Bertz CT molecular complexity index is 380. The molecule has 1 fully saturated rings. The van der Waals surface area contributed by atoms with E-state index in [1.165, 1.54) is 0 Å². The van der Waals surface area contributed by atoms with Crippen LogP contribution in [0.4, 0.5) is 0 Å². The van der Waals surface area contributed by atoms with Gasteiger partial charge < -0.3 is 14.2 Å². The Morgan fingerprint density at radius 2 is 2.07 bits per heavy atom. The molecule has 1 aromatic rings. The third kappa shape index (κ3) is 1.46. The third-order valence-electron chi connectivity index (χ3n) is 2.26. The van der Waals surface area contributed by atoms with Crippen molar-refractivity contribution in [1.82, 2.24) is 0 Å². The molecule has 3 nitrogen and oxygen atoms in total. The molecule has 1 aromatic carbocycles. The average Bonchev–Trinajstić information content (AvgIpc) is 2.92. The molecule has 2 aliphatic rings. The minimum atomic E-state index is 0.320. The molecule has 0 N–H and O–H groups in total. The summed E-state index contributed by atoms with van der Waals surface area (Å²) >= 11 is 0. The highest BCUT2D eigenvalue weighted by atomic mass is 16.7. The van der Waals surface area contributed by atoms with Crippen LogP contribution in [0.5, 0.6) is 11.5 Å². The normalized spacial score (nSPS) is 23.0. The molecule has 1 saturated heterocycles. The van der Waals surface area contributed by atoms with E-state index in [1.54, 1.807) is 0 Å². The van der Waals surface area contributed by atoms with Gasteiger partial charge in [0.15, 0.2) is 11.5 Å². The number of hydrogen-bond acceptors (Lipinski definition) is 3. The molecule has 0 aromatic heterocycles. The van der Waals surface area contributed by atoms with Crippen molar-refractivity contribution < 1.29 is 14.2 Å². The molecule has 0 saturated carbocycles. The summed E-state index contributed by atoms with van der Waals surface area (Å²) in [6.45, 7) is 1.18. The fourth-order valence-corrected chi connectivity index (χ4v) is 1.40. The Hall–Kier alpha value is -1.48. The lowest BCUT2D eigenvalue weighted by molar-refractivity contribution is 0.174. The zero-order valence-corrected chi connectivity index (χ0v) is 7.60. The smallest absolute Gasteiger partial charge is 0.231 e. The molecule has 0 amide bonds. The van der Waals surface area contributed by atoms with Crippen LogP contribution in [-0.4, -0.2) is 19.5 Å². The molecule has 1 atom stereocenters. The lowest BCUT2D eigenvalue weighted by atomic mass is 10.2. The van der Waals surface area contributed by atoms with Gasteiger partial charge in [-0.25, -0.2) is 0 Å². The molecular weight excluding hydrogens is 180 g/mol. The Morgan fingerprint density at radius 3 is 2.93 bits per heavy atom. The van der Waals surface area contributed by atoms with Crippen LogP contribution in [0.25, 0.3) is 6.08 Å². The van der Waals surface area contributed by atoms with E-state index in [0.717, 1.165) is 23.7 Å². The first-order valence-corrected chi connectivity index (χ1v) is 4.61. The van der Waals surface area contributed by atoms with Gasteiger partial charge in [-0.2, -0.15) is 0 Å². The van der Waals surface area contributed by atoms with Crippen LogP contribution in [0, 0.1) is 0 Å². The Labute approximate surface area is 81.9 Å². The number of benzene rings is 1.